The Kier molecular flexibility index (Phi) is 7.91. The molecule has 23 heavy (non-hydrogen) atoms. The van der Waals surface area contributed by atoms with Crippen LogP contribution in [0.5, 0.6) is 0 Å². The Balaban J connectivity index is 1.76. The van der Waals surface area contributed by atoms with Crippen molar-refractivity contribution in [3.05, 3.63) is 11.6 Å². The molecule has 1 aliphatic heterocycles. The van der Waals surface area contributed by atoms with Crippen LogP contribution in [0.1, 0.15) is 59.8 Å². The first-order valence-corrected chi connectivity index (χ1v) is 10.2. The minimum absolute atomic E-state index is 0.387. The standard InChI is InChI=1S/C20H37ClN2/c1-15(2)13-22-20(16(3)4)14-23-11-9-18(10-12-23)17-5-7-19(21)8-6-17/h5,15-16,18-20,22H,6-14H2,1-4H3/t19?,20-/m0/s1. The summed E-state index contributed by atoms with van der Waals surface area (Å²) in [6.07, 6.45) is 8.64. The highest BCUT2D eigenvalue weighted by Gasteiger charge is 2.26. The number of nitrogens with zero attached hydrogens (tertiary/aromatic N) is 1. The molecule has 0 aromatic rings. The van der Waals surface area contributed by atoms with Crippen LogP contribution in [0.2, 0.25) is 0 Å². The molecule has 2 atom stereocenters. The zero-order valence-corrected chi connectivity index (χ0v) is 16.4. The fourth-order valence-corrected chi connectivity index (χ4v) is 4.05. The number of hydrogen-bond donors (Lipinski definition) is 1. The van der Waals surface area contributed by atoms with Gasteiger partial charge in [-0.15, -0.1) is 11.6 Å². The van der Waals surface area contributed by atoms with Gasteiger partial charge in [-0.05, 0) is 69.5 Å². The highest BCUT2D eigenvalue weighted by atomic mass is 35.5. The maximum absolute atomic E-state index is 6.22. The van der Waals surface area contributed by atoms with E-state index in [9.17, 15) is 0 Å². The van der Waals surface area contributed by atoms with Crippen LogP contribution < -0.4 is 5.32 Å². The Bertz CT molecular complexity index is 370. The van der Waals surface area contributed by atoms with Crippen LogP contribution in [-0.4, -0.2) is 42.5 Å². The molecule has 3 heteroatoms. The van der Waals surface area contributed by atoms with Crippen molar-refractivity contribution < 1.29 is 0 Å². The quantitative estimate of drug-likeness (QED) is 0.534. The van der Waals surface area contributed by atoms with E-state index >= 15 is 0 Å². The second kappa shape index (κ2) is 9.44. The highest BCUT2D eigenvalue weighted by molar-refractivity contribution is 6.20. The summed E-state index contributed by atoms with van der Waals surface area (Å²) in [5, 5.41) is 4.16. The van der Waals surface area contributed by atoms with E-state index in [1.807, 2.05) is 0 Å². The van der Waals surface area contributed by atoms with Crippen LogP contribution >= 0.6 is 11.6 Å². The van der Waals surface area contributed by atoms with Gasteiger partial charge in [-0.2, -0.15) is 0 Å². The van der Waals surface area contributed by atoms with Crippen molar-refractivity contribution in [3.63, 3.8) is 0 Å². The predicted molar refractivity (Wildman–Crippen MR) is 102 cm³/mol. The summed E-state index contributed by atoms with van der Waals surface area (Å²) < 4.78 is 0. The van der Waals surface area contributed by atoms with Gasteiger partial charge >= 0.3 is 0 Å². The molecule has 1 saturated heterocycles. The number of rotatable bonds is 7. The third-order valence-corrected chi connectivity index (χ3v) is 5.94. The smallest absolute Gasteiger partial charge is 0.0373 e. The molecule has 0 bridgehead atoms. The van der Waals surface area contributed by atoms with Crippen molar-refractivity contribution >= 4 is 11.6 Å². The summed E-state index contributed by atoms with van der Waals surface area (Å²) in [4.78, 5) is 2.68. The number of alkyl halides is 1. The molecule has 0 radical (unpaired) electrons. The molecule has 134 valence electrons. The Labute approximate surface area is 149 Å². The lowest BCUT2D eigenvalue weighted by Gasteiger charge is -2.37. The van der Waals surface area contributed by atoms with Crippen LogP contribution in [0.25, 0.3) is 0 Å². The average Bonchev–Trinajstić information content (AvgIpc) is 2.52. The molecular weight excluding hydrogens is 304 g/mol. The number of hydrogen-bond acceptors (Lipinski definition) is 2. The van der Waals surface area contributed by atoms with E-state index < -0.39 is 0 Å². The Morgan fingerprint density at radius 3 is 2.39 bits per heavy atom. The van der Waals surface area contributed by atoms with Crippen LogP contribution in [0, 0.1) is 17.8 Å². The SMILES string of the molecule is CC(C)CN[C@@H](CN1CCC(C2=CCC(Cl)CC2)CC1)C(C)C. The molecule has 2 rings (SSSR count). The summed E-state index contributed by atoms with van der Waals surface area (Å²) in [6, 6.07) is 0.625. The van der Waals surface area contributed by atoms with Crippen LogP contribution in [-0.2, 0) is 0 Å². The fraction of sp³-hybridized carbons (Fsp3) is 0.900. The topological polar surface area (TPSA) is 15.3 Å². The molecule has 1 fully saturated rings. The second-order valence-electron chi connectivity index (χ2n) is 8.38. The van der Waals surface area contributed by atoms with E-state index in [0.29, 0.717) is 17.3 Å². The van der Waals surface area contributed by atoms with E-state index in [-0.39, 0.29) is 0 Å². The van der Waals surface area contributed by atoms with Gasteiger partial charge in [-0.25, -0.2) is 0 Å². The van der Waals surface area contributed by atoms with Crippen molar-refractivity contribution in [2.24, 2.45) is 17.8 Å². The molecular formula is C20H37ClN2. The first-order valence-electron chi connectivity index (χ1n) is 9.74. The molecule has 0 aromatic carbocycles. The summed E-state index contributed by atoms with van der Waals surface area (Å²) >= 11 is 6.22. The Morgan fingerprint density at radius 1 is 1.17 bits per heavy atom. The largest absolute Gasteiger partial charge is 0.312 e. The Hall–Kier alpha value is -0.0500. The highest BCUT2D eigenvalue weighted by Crippen LogP contribution is 2.33. The van der Waals surface area contributed by atoms with Gasteiger partial charge in [-0.3, -0.25) is 0 Å². The van der Waals surface area contributed by atoms with Gasteiger partial charge in [0.2, 0.25) is 0 Å². The lowest BCUT2D eigenvalue weighted by atomic mass is 9.83. The number of allylic oxidation sites excluding steroid dienone is 2. The lowest BCUT2D eigenvalue weighted by molar-refractivity contribution is 0.163. The van der Waals surface area contributed by atoms with Crippen LogP contribution in [0.3, 0.4) is 0 Å². The van der Waals surface area contributed by atoms with Gasteiger partial charge in [0, 0.05) is 18.0 Å². The van der Waals surface area contributed by atoms with Gasteiger partial charge in [0.1, 0.15) is 0 Å². The number of likely N-dealkylation sites (tertiary alicyclic amines) is 1. The average molecular weight is 341 g/mol. The zero-order valence-electron chi connectivity index (χ0n) is 15.7. The van der Waals surface area contributed by atoms with Gasteiger partial charge in [0.05, 0.1) is 0 Å². The lowest BCUT2D eigenvalue weighted by Crippen LogP contribution is -2.47. The van der Waals surface area contributed by atoms with E-state index in [1.165, 1.54) is 45.3 Å². The number of nitrogens with one attached hydrogen (secondary N) is 1. The van der Waals surface area contributed by atoms with E-state index in [1.54, 1.807) is 5.57 Å². The van der Waals surface area contributed by atoms with Gasteiger partial charge in [-0.1, -0.05) is 39.3 Å². The zero-order chi connectivity index (χ0) is 16.8. The Morgan fingerprint density at radius 2 is 1.87 bits per heavy atom. The van der Waals surface area contributed by atoms with Crippen LogP contribution in [0.4, 0.5) is 0 Å². The molecule has 2 aliphatic rings. The second-order valence-corrected chi connectivity index (χ2v) is 9.00. The van der Waals surface area contributed by atoms with Crippen molar-refractivity contribution in [2.75, 3.05) is 26.2 Å². The molecule has 1 heterocycles. The predicted octanol–water partition coefficient (Wildman–Crippen LogP) is 4.69. The van der Waals surface area contributed by atoms with Crippen molar-refractivity contribution in [1.29, 1.82) is 0 Å². The van der Waals surface area contributed by atoms with Crippen molar-refractivity contribution in [2.45, 2.75) is 71.2 Å². The molecule has 0 aromatic heterocycles. The summed E-state index contributed by atoms with van der Waals surface area (Å²) in [6.45, 7) is 14.1. The summed E-state index contributed by atoms with van der Waals surface area (Å²) in [5.41, 5.74) is 1.71. The number of piperidine rings is 1. The third kappa shape index (κ3) is 6.40. The first kappa shape index (κ1) is 19.3. The third-order valence-electron chi connectivity index (χ3n) is 5.54. The van der Waals surface area contributed by atoms with Gasteiger partial charge < -0.3 is 10.2 Å². The minimum Gasteiger partial charge on any atom is -0.312 e. The normalized spacial score (nSPS) is 25.9. The van der Waals surface area contributed by atoms with Gasteiger partial charge in [0.15, 0.2) is 0 Å². The molecule has 0 amide bonds. The first-order chi connectivity index (χ1) is 11.0. The molecule has 0 saturated carbocycles. The molecule has 1 unspecified atom stereocenters. The molecule has 1 aliphatic carbocycles. The number of halogens is 1. The molecule has 2 nitrogen and oxygen atoms in total. The van der Waals surface area contributed by atoms with Crippen LogP contribution in [0.15, 0.2) is 11.6 Å². The maximum atomic E-state index is 6.22. The van der Waals surface area contributed by atoms with E-state index in [4.69, 9.17) is 11.6 Å². The summed E-state index contributed by atoms with van der Waals surface area (Å²) in [5.74, 6) is 2.26. The summed E-state index contributed by atoms with van der Waals surface area (Å²) in [7, 11) is 0. The monoisotopic (exact) mass is 340 g/mol. The molecule has 0 spiro atoms. The van der Waals surface area contributed by atoms with Crippen molar-refractivity contribution in [1.82, 2.24) is 10.2 Å². The molecule has 1 N–H and O–H groups in total. The fourth-order valence-electron chi connectivity index (χ4n) is 3.86. The van der Waals surface area contributed by atoms with Crippen molar-refractivity contribution in [3.8, 4) is 0 Å². The van der Waals surface area contributed by atoms with E-state index in [2.05, 4.69) is 44.0 Å². The maximum Gasteiger partial charge on any atom is 0.0373 e. The van der Waals surface area contributed by atoms with Gasteiger partial charge in [0.25, 0.3) is 0 Å². The van der Waals surface area contributed by atoms with E-state index in [0.717, 1.165) is 24.8 Å². The minimum atomic E-state index is 0.387.